The Kier molecular flexibility index (Phi) is 5.67. The molecule has 0 aliphatic heterocycles. The molecule has 1 heterocycles. The number of benzene rings is 2. The highest BCUT2D eigenvalue weighted by molar-refractivity contribution is 6.30. The molecule has 1 aromatic heterocycles. The van der Waals surface area contributed by atoms with E-state index in [4.69, 9.17) is 21.6 Å². The van der Waals surface area contributed by atoms with Gasteiger partial charge >= 0.3 is 5.97 Å². The molecule has 0 fully saturated rings. The molecule has 0 saturated carbocycles. The van der Waals surface area contributed by atoms with Crippen molar-refractivity contribution in [3.8, 4) is 11.8 Å². The van der Waals surface area contributed by atoms with E-state index in [1.807, 2.05) is 6.07 Å². The number of esters is 1. The topological polar surface area (TPSA) is 110 Å². The zero-order valence-electron chi connectivity index (χ0n) is 14.7. The molecular formula is C19H14ClN5O3. The van der Waals surface area contributed by atoms with Crippen molar-refractivity contribution >= 4 is 29.2 Å². The molecule has 3 aromatic rings. The monoisotopic (exact) mass is 395 g/mol. The maximum absolute atomic E-state index is 12.2. The van der Waals surface area contributed by atoms with E-state index >= 15 is 0 Å². The highest BCUT2D eigenvalue weighted by Crippen LogP contribution is 2.15. The maximum Gasteiger partial charge on any atom is 0.361 e. The van der Waals surface area contributed by atoms with Crippen LogP contribution in [-0.4, -0.2) is 33.5 Å². The molecule has 3 rings (SSSR count). The fraction of sp³-hybridized carbons (Fsp3) is 0.105. The third-order valence-corrected chi connectivity index (χ3v) is 3.86. The van der Waals surface area contributed by atoms with E-state index in [1.165, 1.54) is 10.9 Å². The van der Waals surface area contributed by atoms with Gasteiger partial charge in [0, 0.05) is 10.7 Å². The van der Waals surface area contributed by atoms with Crippen LogP contribution in [0, 0.1) is 18.3 Å². The quantitative estimate of drug-likeness (QED) is 0.665. The Hall–Kier alpha value is -3.70. The molecule has 0 radical (unpaired) electrons. The van der Waals surface area contributed by atoms with Gasteiger partial charge in [-0.15, -0.1) is 5.10 Å². The van der Waals surface area contributed by atoms with E-state index < -0.39 is 18.5 Å². The molecule has 0 atom stereocenters. The van der Waals surface area contributed by atoms with Crippen molar-refractivity contribution in [3.63, 3.8) is 0 Å². The van der Waals surface area contributed by atoms with Crippen LogP contribution < -0.4 is 5.32 Å². The summed E-state index contributed by atoms with van der Waals surface area (Å²) in [6.07, 6.45) is 0. The highest BCUT2D eigenvalue weighted by atomic mass is 35.5. The second-order valence-corrected chi connectivity index (χ2v) is 6.16. The number of hydrogen-bond acceptors (Lipinski definition) is 6. The zero-order valence-corrected chi connectivity index (χ0v) is 15.5. The van der Waals surface area contributed by atoms with Crippen LogP contribution in [0.15, 0.2) is 48.5 Å². The third-order valence-electron chi connectivity index (χ3n) is 3.62. The number of aromatic nitrogens is 3. The minimum absolute atomic E-state index is 0.000691. The second-order valence-electron chi connectivity index (χ2n) is 5.72. The van der Waals surface area contributed by atoms with Crippen molar-refractivity contribution in [2.24, 2.45) is 0 Å². The van der Waals surface area contributed by atoms with E-state index in [0.29, 0.717) is 27.7 Å². The first-order valence-electron chi connectivity index (χ1n) is 8.13. The molecule has 0 saturated heterocycles. The van der Waals surface area contributed by atoms with Crippen molar-refractivity contribution in [1.29, 1.82) is 5.26 Å². The maximum atomic E-state index is 12.2. The van der Waals surface area contributed by atoms with Gasteiger partial charge in [0.15, 0.2) is 12.3 Å². The van der Waals surface area contributed by atoms with Crippen LogP contribution in [0.4, 0.5) is 5.69 Å². The van der Waals surface area contributed by atoms with Crippen molar-refractivity contribution in [1.82, 2.24) is 15.0 Å². The minimum atomic E-state index is -0.772. The number of nitrogens with zero attached hydrogens (tertiary/aromatic N) is 4. The van der Waals surface area contributed by atoms with Crippen LogP contribution in [-0.2, 0) is 9.53 Å². The van der Waals surface area contributed by atoms with E-state index in [0.717, 1.165) is 0 Å². The fourth-order valence-electron chi connectivity index (χ4n) is 2.35. The van der Waals surface area contributed by atoms with Gasteiger partial charge in [-0.3, -0.25) is 4.79 Å². The summed E-state index contributed by atoms with van der Waals surface area (Å²) >= 11 is 5.95. The van der Waals surface area contributed by atoms with E-state index in [9.17, 15) is 9.59 Å². The van der Waals surface area contributed by atoms with Crippen molar-refractivity contribution in [3.05, 3.63) is 70.5 Å². The van der Waals surface area contributed by atoms with Gasteiger partial charge < -0.3 is 10.1 Å². The summed E-state index contributed by atoms with van der Waals surface area (Å²) < 4.78 is 5.01. The average molecular weight is 396 g/mol. The number of ether oxygens (including phenoxy) is 1. The lowest BCUT2D eigenvalue weighted by atomic mass is 10.2. The second kappa shape index (κ2) is 8.33. The van der Waals surface area contributed by atoms with E-state index in [1.54, 1.807) is 49.4 Å². The number of nitrogens with one attached hydrogen (secondary N) is 1. The van der Waals surface area contributed by atoms with E-state index in [2.05, 4.69) is 15.5 Å². The summed E-state index contributed by atoms with van der Waals surface area (Å²) in [6.45, 7) is 1.11. The fourth-order valence-corrected chi connectivity index (χ4v) is 2.53. The predicted octanol–water partition coefficient (Wildman–Crippen LogP) is 2.90. The number of amides is 1. The predicted molar refractivity (Wildman–Crippen MR) is 101 cm³/mol. The molecule has 9 heteroatoms. The first kappa shape index (κ1) is 19.1. The van der Waals surface area contributed by atoms with Gasteiger partial charge in [0.2, 0.25) is 0 Å². The Balaban J connectivity index is 1.63. The molecule has 8 nitrogen and oxygen atoms in total. The Bertz CT molecular complexity index is 1090. The van der Waals surface area contributed by atoms with Crippen molar-refractivity contribution in [2.45, 2.75) is 6.92 Å². The van der Waals surface area contributed by atoms with Gasteiger partial charge in [0.05, 0.1) is 23.0 Å². The van der Waals surface area contributed by atoms with Crippen LogP contribution in [0.1, 0.15) is 21.7 Å². The number of carbonyl (C=O) groups is 2. The average Bonchev–Trinajstić information content (AvgIpc) is 3.08. The molecule has 1 N–H and O–H groups in total. The smallest absolute Gasteiger partial charge is 0.361 e. The lowest BCUT2D eigenvalue weighted by molar-refractivity contribution is -0.119. The first-order chi connectivity index (χ1) is 13.5. The SMILES string of the molecule is Cc1nn(-c2cccc(Cl)c2)nc1C(=O)OCC(=O)Nc1cccc(C#N)c1. The number of anilines is 1. The van der Waals surface area contributed by atoms with Crippen molar-refractivity contribution in [2.75, 3.05) is 11.9 Å². The van der Waals surface area contributed by atoms with Crippen LogP contribution in [0.2, 0.25) is 5.02 Å². The molecule has 28 heavy (non-hydrogen) atoms. The van der Waals surface area contributed by atoms with E-state index in [-0.39, 0.29) is 5.69 Å². The summed E-state index contributed by atoms with van der Waals surface area (Å²) in [5.41, 5.74) is 1.78. The van der Waals surface area contributed by atoms with Crippen LogP contribution >= 0.6 is 11.6 Å². The standard InChI is InChI=1S/C19H14ClN5O3/c1-12-18(24-25(23-12)16-7-3-5-14(20)9-16)19(27)28-11-17(26)22-15-6-2-4-13(8-15)10-21/h2-9H,11H2,1H3,(H,22,26). The summed E-state index contributed by atoms with van der Waals surface area (Å²) in [7, 11) is 0. The number of nitriles is 1. The number of aryl methyl sites for hydroxylation is 1. The Morgan fingerprint density at radius 3 is 2.75 bits per heavy atom. The Morgan fingerprint density at radius 1 is 1.21 bits per heavy atom. The van der Waals surface area contributed by atoms with Crippen LogP contribution in [0.5, 0.6) is 0 Å². The molecule has 0 aliphatic carbocycles. The lowest BCUT2D eigenvalue weighted by Gasteiger charge is -2.06. The molecule has 1 amide bonds. The molecule has 140 valence electrons. The summed E-state index contributed by atoms with van der Waals surface area (Å²) in [4.78, 5) is 25.5. The van der Waals surface area contributed by atoms with Gasteiger partial charge in [-0.05, 0) is 43.3 Å². The number of rotatable bonds is 5. The largest absolute Gasteiger partial charge is 0.451 e. The molecule has 2 aromatic carbocycles. The highest BCUT2D eigenvalue weighted by Gasteiger charge is 2.19. The number of carbonyl (C=O) groups excluding carboxylic acids is 2. The Morgan fingerprint density at radius 2 is 2.00 bits per heavy atom. The number of hydrogen-bond donors (Lipinski definition) is 1. The molecule has 0 aliphatic rings. The molecule has 0 bridgehead atoms. The Labute approximate surface area is 165 Å². The van der Waals surface area contributed by atoms with Crippen molar-refractivity contribution < 1.29 is 14.3 Å². The first-order valence-corrected chi connectivity index (χ1v) is 8.51. The van der Waals surface area contributed by atoms with Gasteiger partial charge in [-0.1, -0.05) is 23.7 Å². The lowest BCUT2D eigenvalue weighted by Crippen LogP contribution is -2.21. The van der Waals surface area contributed by atoms with Gasteiger partial charge in [-0.25, -0.2) is 4.79 Å². The normalized spacial score (nSPS) is 10.2. The third kappa shape index (κ3) is 4.52. The minimum Gasteiger partial charge on any atom is -0.451 e. The van der Waals surface area contributed by atoms with Gasteiger partial charge in [0.25, 0.3) is 5.91 Å². The van der Waals surface area contributed by atoms with Gasteiger partial charge in [0.1, 0.15) is 0 Å². The summed E-state index contributed by atoms with van der Waals surface area (Å²) in [5, 5.41) is 20.2. The summed E-state index contributed by atoms with van der Waals surface area (Å²) in [5.74, 6) is -1.31. The molecule has 0 unspecified atom stereocenters. The number of halogens is 1. The van der Waals surface area contributed by atoms with Crippen LogP contribution in [0.25, 0.3) is 5.69 Å². The zero-order chi connectivity index (χ0) is 20.1. The van der Waals surface area contributed by atoms with Gasteiger partial charge in [-0.2, -0.15) is 15.2 Å². The summed E-state index contributed by atoms with van der Waals surface area (Å²) in [6, 6.07) is 15.2. The molecule has 0 spiro atoms. The molecular weight excluding hydrogens is 382 g/mol. The van der Waals surface area contributed by atoms with Crippen LogP contribution in [0.3, 0.4) is 0 Å².